The van der Waals surface area contributed by atoms with E-state index >= 15 is 0 Å². The normalized spacial score (nSPS) is 13.0. The van der Waals surface area contributed by atoms with Gasteiger partial charge in [0.25, 0.3) is 0 Å². The topological polar surface area (TPSA) is 101 Å². The molecule has 0 aliphatic carbocycles. The molecule has 0 amide bonds. The van der Waals surface area contributed by atoms with E-state index in [9.17, 15) is 5.26 Å². The van der Waals surface area contributed by atoms with Crippen LogP contribution in [0.25, 0.3) is 5.65 Å². The molecule has 0 radical (unpaired) electrons. The summed E-state index contributed by atoms with van der Waals surface area (Å²) in [7, 11) is 3.70. The Labute approximate surface area is 164 Å². The van der Waals surface area contributed by atoms with Gasteiger partial charge in [-0.3, -0.25) is 0 Å². The van der Waals surface area contributed by atoms with E-state index < -0.39 is 0 Å². The number of rotatable bonds is 2. The van der Waals surface area contributed by atoms with Crippen molar-refractivity contribution in [2.75, 3.05) is 0 Å². The molecule has 0 N–H and O–H groups in total. The number of hydrogen-bond donors (Lipinski definition) is 0. The van der Waals surface area contributed by atoms with Crippen LogP contribution in [0.2, 0.25) is 0 Å². The molecular weight excluding hydrogens is 354 g/mol. The third kappa shape index (κ3) is 3.09. The lowest BCUT2D eigenvalue weighted by Crippen LogP contribution is -2.14. The Kier molecular flexibility index (Phi) is 4.41. The van der Waals surface area contributed by atoms with Gasteiger partial charge < -0.3 is 4.57 Å². The Morgan fingerprint density at radius 2 is 1.50 bits per heavy atom. The molecular formula is C19H27N9. The molecule has 0 saturated heterocycles. The molecule has 28 heavy (non-hydrogen) atoms. The van der Waals surface area contributed by atoms with Crippen molar-refractivity contribution in [2.45, 2.75) is 59.3 Å². The first kappa shape index (κ1) is 19.7. The van der Waals surface area contributed by atoms with Crippen LogP contribution in [-0.4, -0.2) is 29.2 Å². The fourth-order valence-corrected chi connectivity index (χ4v) is 3.06. The molecule has 0 saturated carbocycles. The monoisotopic (exact) mass is 381 g/mol. The van der Waals surface area contributed by atoms with Crippen molar-refractivity contribution in [1.82, 2.24) is 29.2 Å². The maximum absolute atomic E-state index is 9.70. The highest BCUT2D eigenvalue weighted by atomic mass is 15.5. The molecule has 0 aliphatic rings. The summed E-state index contributed by atoms with van der Waals surface area (Å²) in [5.74, 6) is 1.26. The number of fused-ring (bicyclic) bond motifs is 1. The molecule has 0 unspecified atom stereocenters. The van der Waals surface area contributed by atoms with E-state index in [0.717, 1.165) is 17.2 Å². The zero-order valence-electron chi connectivity index (χ0n) is 18.0. The first-order valence-electron chi connectivity index (χ1n) is 9.18. The summed E-state index contributed by atoms with van der Waals surface area (Å²) in [5, 5.41) is 32.3. The maximum atomic E-state index is 9.70. The molecule has 0 spiro atoms. The Hall–Kier alpha value is -3.02. The zero-order chi connectivity index (χ0) is 21.0. The van der Waals surface area contributed by atoms with Gasteiger partial charge >= 0.3 is 0 Å². The van der Waals surface area contributed by atoms with Crippen LogP contribution in [0.4, 0.5) is 11.5 Å². The van der Waals surface area contributed by atoms with Crippen LogP contribution in [0, 0.1) is 18.3 Å². The predicted octanol–water partition coefficient (Wildman–Crippen LogP) is 3.99. The largest absolute Gasteiger partial charge is 0.313 e. The van der Waals surface area contributed by atoms with Gasteiger partial charge in [0.2, 0.25) is 0 Å². The molecule has 3 rings (SSSR count). The minimum absolute atomic E-state index is 0.239. The molecule has 0 aliphatic heterocycles. The lowest BCUT2D eigenvalue weighted by molar-refractivity contribution is 0.552. The molecule has 148 valence electrons. The summed E-state index contributed by atoms with van der Waals surface area (Å²) in [6.07, 6.45) is 0. The SMILES string of the molecule is Cc1nn2nc(C(C)(C)C)c(N=Nc3c(C#N)c(C(C)(C)C)nn3C)c2n1C. The average molecular weight is 381 g/mol. The molecule has 0 atom stereocenters. The van der Waals surface area contributed by atoms with E-state index in [2.05, 4.69) is 52.4 Å². The Morgan fingerprint density at radius 3 is 2.04 bits per heavy atom. The van der Waals surface area contributed by atoms with Crippen molar-refractivity contribution < 1.29 is 0 Å². The van der Waals surface area contributed by atoms with Gasteiger partial charge in [-0.15, -0.1) is 20.0 Å². The number of aromatic nitrogens is 6. The van der Waals surface area contributed by atoms with Crippen molar-refractivity contribution in [2.24, 2.45) is 24.3 Å². The Balaban J connectivity index is 2.23. The van der Waals surface area contributed by atoms with Gasteiger partial charge in [-0.2, -0.15) is 15.5 Å². The minimum Gasteiger partial charge on any atom is -0.313 e. The highest BCUT2D eigenvalue weighted by Crippen LogP contribution is 2.37. The van der Waals surface area contributed by atoms with E-state index in [1.807, 2.05) is 39.3 Å². The standard InChI is InChI=1S/C19H27N9/c1-11-23-28-17(26(11)8)13(15(25-28)19(5,6)7)21-22-16-12(10-20)14(18(2,3)4)24-27(16)9/h1-9H3. The van der Waals surface area contributed by atoms with Crippen LogP contribution in [0.5, 0.6) is 0 Å². The van der Waals surface area contributed by atoms with Gasteiger partial charge in [0.15, 0.2) is 17.2 Å². The summed E-state index contributed by atoms with van der Waals surface area (Å²) < 4.78 is 5.14. The van der Waals surface area contributed by atoms with E-state index in [-0.39, 0.29) is 10.8 Å². The summed E-state index contributed by atoms with van der Waals surface area (Å²) in [6, 6.07) is 2.24. The highest BCUT2D eigenvalue weighted by Gasteiger charge is 2.29. The Morgan fingerprint density at radius 1 is 0.893 bits per heavy atom. The molecule has 0 bridgehead atoms. The van der Waals surface area contributed by atoms with E-state index in [0.29, 0.717) is 22.8 Å². The maximum Gasteiger partial charge on any atom is 0.191 e. The van der Waals surface area contributed by atoms with Crippen molar-refractivity contribution >= 4 is 17.2 Å². The fraction of sp³-hybridized carbons (Fsp3) is 0.579. The lowest BCUT2D eigenvalue weighted by Gasteiger charge is -2.15. The van der Waals surface area contributed by atoms with Crippen LogP contribution >= 0.6 is 0 Å². The van der Waals surface area contributed by atoms with Crippen molar-refractivity contribution in [1.29, 1.82) is 5.26 Å². The van der Waals surface area contributed by atoms with Crippen LogP contribution < -0.4 is 0 Å². The van der Waals surface area contributed by atoms with E-state index in [1.54, 1.807) is 16.4 Å². The number of aryl methyl sites for hydroxylation is 3. The second-order valence-corrected chi connectivity index (χ2v) is 9.10. The number of nitrogens with zero attached hydrogens (tertiary/aromatic N) is 9. The second-order valence-electron chi connectivity index (χ2n) is 9.10. The first-order valence-corrected chi connectivity index (χ1v) is 9.18. The zero-order valence-corrected chi connectivity index (χ0v) is 18.0. The highest BCUT2D eigenvalue weighted by molar-refractivity contribution is 5.69. The fourth-order valence-electron chi connectivity index (χ4n) is 3.06. The smallest absolute Gasteiger partial charge is 0.191 e. The van der Waals surface area contributed by atoms with Gasteiger partial charge in [-0.05, 0) is 6.92 Å². The van der Waals surface area contributed by atoms with Crippen LogP contribution in [0.1, 0.15) is 64.3 Å². The molecule has 0 fully saturated rings. The predicted molar refractivity (Wildman–Crippen MR) is 106 cm³/mol. The molecule has 3 aromatic heterocycles. The quantitative estimate of drug-likeness (QED) is 0.626. The summed E-state index contributed by atoms with van der Waals surface area (Å²) in [5.41, 5.74) is 2.86. The first-order chi connectivity index (χ1) is 12.9. The van der Waals surface area contributed by atoms with E-state index in [1.165, 1.54) is 0 Å². The number of nitriles is 1. The third-order valence-corrected chi connectivity index (χ3v) is 4.66. The lowest BCUT2D eigenvalue weighted by atomic mass is 9.90. The molecule has 9 nitrogen and oxygen atoms in total. The number of azo groups is 1. The van der Waals surface area contributed by atoms with Gasteiger partial charge in [0.05, 0.1) is 11.4 Å². The van der Waals surface area contributed by atoms with E-state index in [4.69, 9.17) is 0 Å². The molecule has 9 heteroatoms. The number of hydrogen-bond acceptors (Lipinski definition) is 6. The average Bonchev–Trinajstić information content (AvgIpc) is 3.17. The molecule has 3 heterocycles. The van der Waals surface area contributed by atoms with Crippen molar-refractivity contribution in [3.63, 3.8) is 0 Å². The van der Waals surface area contributed by atoms with Gasteiger partial charge in [0.1, 0.15) is 17.5 Å². The van der Waals surface area contributed by atoms with Crippen LogP contribution in [0.3, 0.4) is 0 Å². The van der Waals surface area contributed by atoms with Crippen molar-refractivity contribution in [3.05, 3.63) is 22.8 Å². The third-order valence-electron chi connectivity index (χ3n) is 4.66. The van der Waals surface area contributed by atoms with Gasteiger partial charge in [-0.1, -0.05) is 41.5 Å². The summed E-state index contributed by atoms with van der Waals surface area (Å²) in [6.45, 7) is 14.2. The Bertz CT molecular complexity index is 1120. The van der Waals surface area contributed by atoms with Gasteiger partial charge in [-0.25, -0.2) is 4.68 Å². The minimum atomic E-state index is -0.267. The van der Waals surface area contributed by atoms with Crippen LogP contribution in [0.15, 0.2) is 10.2 Å². The summed E-state index contributed by atoms with van der Waals surface area (Å²) in [4.78, 5) is 0. The van der Waals surface area contributed by atoms with Crippen LogP contribution in [-0.2, 0) is 24.9 Å². The molecule has 0 aromatic carbocycles. The van der Waals surface area contributed by atoms with Gasteiger partial charge in [0, 0.05) is 24.9 Å². The van der Waals surface area contributed by atoms with Crippen molar-refractivity contribution in [3.8, 4) is 6.07 Å². The second kappa shape index (κ2) is 6.26. The molecule has 3 aromatic rings. The summed E-state index contributed by atoms with van der Waals surface area (Å²) >= 11 is 0.